The molecule has 0 aromatic rings. The number of hydrogen-bond donors (Lipinski definition) is 1. The van der Waals surface area contributed by atoms with Gasteiger partial charge < -0.3 is 5.11 Å². The Bertz CT molecular complexity index is 93.1. The van der Waals surface area contributed by atoms with Gasteiger partial charge in [-0.2, -0.15) is 0 Å². The maximum atomic E-state index is 8.16. The highest BCUT2D eigenvalue weighted by atomic mass is 16.3. The standard InChI is InChI=1S/C3H3NO/c5-3-1-4-2-3/h1-2,5H. The van der Waals surface area contributed by atoms with Crippen molar-refractivity contribution < 1.29 is 5.11 Å². The van der Waals surface area contributed by atoms with Crippen LogP contribution in [-0.4, -0.2) is 11.3 Å². The van der Waals surface area contributed by atoms with Gasteiger partial charge in [-0.3, -0.25) is 4.99 Å². The number of allylic oxidation sites excluding steroid dienone is 1. The van der Waals surface area contributed by atoms with E-state index in [4.69, 9.17) is 5.11 Å². The Morgan fingerprint density at radius 3 is 2.20 bits per heavy atom. The Morgan fingerprint density at radius 1 is 1.80 bits per heavy atom. The lowest BCUT2D eigenvalue weighted by Gasteiger charge is -1.90. The third-order valence-corrected chi connectivity index (χ3v) is 0.414. The Hall–Kier alpha value is -0.790. The maximum Gasteiger partial charge on any atom is 0.152 e. The highest BCUT2D eigenvalue weighted by molar-refractivity contribution is 5.81. The van der Waals surface area contributed by atoms with Gasteiger partial charge in [-0.05, 0) is 0 Å². The first kappa shape index (κ1) is 2.45. The van der Waals surface area contributed by atoms with Gasteiger partial charge in [-0.15, -0.1) is 0 Å². The lowest BCUT2D eigenvalue weighted by molar-refractivity contribution is 0.439. The van der Waals surface area contributed by atoms with Gasteiger partial charge in [-0.25, -0.2) is 0 Å². The van der Waals surface area contributed by atoms with Crippen molar-refractivity contribution in [2.45, 2.75) is 0 Å². The van der Waals surface area contributed by atoms with Crippen LogP contribution in [0, 0.1) is 0 Å². The van der Waals surface area contributed by atoms with Crippen molar-refractivity contribution in [3.8, 4) is 0 Å². The molecule has 0 saturated heterocycles. The number of rotatable bonds is 0. The normalized spacial score (nSPS) is 17.2. The summed E-state index contributed by atoms with van der Waals surface area (Å²) in [5, 5.41) is 8.16. The third-order valence-electron chi connectivity index (χ3n) is 0.414. The van der Waals surface area contributed by atoms with Gasteiger partial charge in [0.1, 0.15) is 0 Å². The maximum absolute atomic E-state index is 8.16. The Morgan fingerprint density at radius 2 is 2.20 bits per heavy atom. The molecule has 1 N–H and O–H groups in total. The highest BCUT2D eigenvalue weighted by Crippen LogP contribution is 1.91. The molecule has 0 spiro atoms. The van der Waals surface area contributed by atoms with Crippen LogP contribution in [0.25, 0.3) is 0 Å². The average Bonchev–Trinajstić information content (AvgIpc) is 1.30. The van der Waals surface area contributed by atoms with Crippen LogP contribution in [0.1, 0.15) is 0 Å². The van der Waals surface area contributed by atoms with Gasteiger partial charge in [0.2, 0.25) is 0 Å². The van der Waals surface area contributed by atoms with E-state index in [1.165, 1.54) is 12.4 Å². The topological polar surface area (TPSA) is 32.6 Å². The van der Waals surface area contributed by atoms with E-state index in [1.54, 1.807) is 0 Å². The minimum atomic E-state index is 0.269. The molecule has 0 aliphatic carbocycles. The molecular formula is C3H3NO. The Balaban J connectivity index is 2.60. The van der Waals surface area contributed by atoms with Crippen LogP contribution >= 0.6 is 0 Å². The molecule has 0 saturated carbocycles. The second kappa shape index (κ2) is 0.578. The average molecular weight is 69.1 g/mol. The number of aliphatic imine (C=N–C) groups is 1. The molecule has 0 radical (unpaired) electrons. The SMILES string of the molecule is OC1=CN=C1. The fourth-order valence-electron chi connectivity index (χ4n) is 0.141. The van der Waals surface area contributed by atoms with Gasteiger partial charge >= 0.3 is 0 Å². The van der Waals surface area contributed by atoms with E-state index >= 15 is 0 Å². The van der Waals surface area contributed by atoms with Gasteiger partial charge in [0.25, 0.3) is 0 Å². The van der Waals surface area contributed by atoms with Crippen LogP contribution in [0.15, 0.2) is 17.0 Å². The minimum Gasteiger partial charge on any atom is -0.505 e. The van der Waals surface area contributed by atoms with E-state index in [0.717, 1.165) is 0 Å². The van der Waals surface area contributed by atoms with Crippen molar-refractivity contribution >= 4 is 6.21 Å². The van der Waals surface area contributed by atoms with Crippen molar-refractivity contribution in [2.24, 2.45) is 4.99 Å². The first-order valence-electron chi connectivity index (χ1n) is 1.32. The molecule has 1 aliphatic rings. The van der Waals surface area contributed by atoms with Crippen LogP contribution in [0.4, 0.5) is 0 Å². The molecule has 2 heteroatoms. The molecule has 0 atom stereocenters. The van der Waals surface area contributed by atoms with Crippen molar-refractivity contribution in [2.75, 3.05) is 0 Å². The molecule has 2 nitrogen and oxygen atoms in total. The molecule has 1 heterocycles. The molecule has 0 bridgehead atoms. The lowest BCUT2D eigenvalue weighted by atomic mass is 10.5. The third kappa shape index (κ3) is 0.173. The van der Waals surface area contributed by atoms with Gasteiger partial charge in [-0.1, -0.05) is 0 Å². The minimum absolute atomic E-state index is 0.269. The molecular weight excluding hydrogens is 66.0 g/mol. The summed E-state index contributed by atoms with van der Waals surface area (Å²) in [5.41, 5.74) is 0. The van der Waals surface area contributed by atoms with Gasteiger partial charge in [0, 0.05) is 0 Å². The summed E-state index contributed by atoms with van der Waals surface area (Å²) in [7, 11) is 0. The van der Waals surface area contributed by atoms with Crippen LogP contribution in [0.5, 0.6) is 0 Å². The fourth-order valence-corrected chi connectivity index (χ4v) is 0.141. The molecule has 0 unspecified atom stereocenters. The van der Waals surface area contributed by atoms with Crippen LogP contribution in [-0.2, 0) is 0 Å². The van der Waals surface area contributed by atoms with E-state index in [-0.39, 0.29) is 5.76 Å². The summed E-state index contributed by atoms with van der Waals surface area (Å²) in [6.07, 6.45) is 2.78. The summed E-state index contributed by atoms with van der Waals surface area (Å²) >= 11 is 0. The number of nitrogens with zero attached hydrogens (tertiary/aromatic N) is 1. The van der Waals surface area contributed by atoms with E-state index in [9.17, 15) is 0 Å². The second-order valence-electron chi connectivity index (χ2n) is 0.832. The smallest absolute Gasteiger partial charge is 0.152 e. The number of aliphatic hydroxyl groups is 1. The molecule has 0 aromatic heterocycles. The zero-order valence-corrected chi connectivity index (χ0v) is 2.55. The van der Waals surface area contributed by atoms with Gasteiger partial charge in [0.05, 0.1) is 12.4 Å². The predicted octanol–water partition coefficient (Wildman–Crippen LogP) is 0.470. The fraction of sp³-hybridized carbons (Fsp3) is 0. The first-order chi connectivity index (χ1) is 2.39. The number of aliphatic hydroxyl groups excluding tert-OH is 1. The number of hydrogen-bond acceptors (Lipinski definition) is 2. The monoisotopic (exact) mass is 69.0 g/mol. The molecule has 5 heavy (non-hydrogen) atoms. The Kier molecular flexibility index (Phi) is 0.283. The first-order valence-corrected chi connectivity index (χ1v) is 1.32. The van der Waals surface area contributed by atoms with Crippen molar-refractivity contribution in [3.63, 3.8) is 0 Å². The molecule has 1 rings (SSSR count). The van der Waals surface area contributed by atoms with Crippen LogP contribution in [0.3, 0.4) is 0 Å². The molecule has 1 aliphatic heterocycles. The molecule has 0 amide bonds. The molecule has 26 valence electrons. The highest BCUT2D eigenvalue weighted by Gasteiger charge is 1.88. The summed E-state index contributed by atoms with van der Waals surface area (Å²) in [5.74, 6) is 0.269. The van der Waals surface area contributed by atoms with E-state index in [0.29, 0.717) is 0 Å². The van der Waals surface area contributed by atoms with E-state index < -0.39 is 0 Å². The lowest BCUT2D eigenvalue weighted by Crippen LogP contribution is -1.86. The summed E-state index contributed by atoms with van der Waals surface area (Å²) in [4.78, 5) is 3.46. The summed E-state index contributed by atoms with van der Waals surface area (Å²) < 4.78 is 0. The quantitative estimate of drug-likeness (QED) is 0.440. The van der Waals surface area contributed by atoms with E-state index in [1.807, 2.05) is 0 Å². The van der Waals surface area contributed by atoms with Crippen molar-refractivity contribution in [3.05, 3.63) is 12.0 Å². The Labute approximate surface area is 29.5 Å². The van der Waals surface area contributed by atoms with Crippen LogP contribution in [0.2, 0.25) is 0 Å². The summed E-state index contributed by atoms with van der Waals surface area (Å²) in [6, 6.07) is 0. The van der Waals surface area contributed by atoms with Gasteiger partial charge in [0.15, 0.2) is 5.76 Å². The van der Waals surface area contributed by atoms with E-state index in [2.05, 4.69) is 4.99 Å². The zero-order chi connectivity index (χ0) is 3.70. The van der Waals surface area contributed by atoms with Crippen molar-refractivity contribution in [1.29, 1.82) is 0 Å². The molecule has 0 fully saturated rings. The predicted molar refractivity (Wildman–Crippen MR) is 19.2 cm³/mol. The zero-order valence-electron chi connectivity index (χ0n) is 2.55. The molecule has 0 aromatic carbocycles. The second-order valence-corrected chi connectivity index (χ2v) is 0.832. The van der Waals surface area contributed by atoms with Crippen molar-refractivity contribution in [1.82, 2.24) is 0 Å². The summed E-state index contributed by atoms with van der Waals surface area (Å²) in [6.45, 7) is 0. The largest absolute Gasteiger partial charge is 0.505 e. The van der Waals surface area contributed by atoms with Crippen LogP contribution < -0.4 is 0 Å².